The maximum Gasteiger partial charge on any atom is 0.0693 e. The molecule has 1 aliphatic carbocycles. The quantitative estimate of drug-likeness (QED) is 0.321. The van der Waals surface area contributed by atoms with Crippen molar-refractivity contribution < 1.29 is 5.11 Å². The topological polar surface area (TPSA) is 20.2 Å². The van der Waals surface area contributed by atoms with E-state index in [1.807, 2.05) is 0 Å². The lowest BCUT2D eigenvalue weighted by Crippen LogP contribution is -2.52. The highest BCUT2D eigenvalue weighted by Crippen LogP contribution is 2.39. The van der Waals surface area contributed by atoms with E-state index in [1.54, 1.807) is 0 Å². The zero-order chi connectivity index (χ0) is 17.8. The first-order valence-electron chi connectivity index (χ1n) is 8.33. The highest BCUT2D eigenvalue weighted by Gasteiger charge is 2.46. The van der Waals surface area contributed by atoms with Crippen LogP contribution in [0.3, 0.4) is 0 Å². The van der Waals surface area contributed by atoms with Gasteiger partial charge < -0.3 is 5.11 Å². The molecule has 140 valence electrons. The molecule has 1 saturated carbocycles. The van der Waals surface area contributed by atoms with Gasteiger partial charge in [0.25, 0.3) is 0 Å². The molecule has 0 bridgehead atoms. The van der Waals surface area contributed by atoms with Gasteiger partial charge in [0.05, 0.1) is 32.3 Å². The monoisotopic (exact) mass is 446 g/mol. The fourth-order valence-corrected chi connectivity index (χ4v) is 4.63. The van der Waals surface area contributed by atoms with Crippen molar-refractivity contribution in [3.63, 3.8) is 0 Å². The van der Waals surface area contributed by atoms with Crippen LogP contribution in [0.2, 0.25) is 0 Å². The fraction of sp³-hybridized carbons (Fsp3) is 1.00. The largest absolute Gasteiger partial charge is 0.396 e. The van der Waals surface area contributed by atoms with E-state index in [0.29, 0.717) is 6.61 Å². The van der Waals surface area contributed by atoms with Crippen LogP contribution in [0.4, 0.5) is 0 Å². The van der Waals surface area contributed by atoms with Gasteiger partial charge in [-0.3, -0.25) is 0 Å². The predicted octanol–water partition coefficient (Wildman–Crippen LogP) is 6.76. The predicted molar refractivity (Wildman–Crippen MR) is 108 cm³/mol. The molecule has 0 amide bonds. The molecule has 0 unspecified atom stereocenters. The van der Waals surface area contributed by atoms with E-state index in [0.717, 1.165) is 6.42 Å². The first-order chi connectivity index (χ1) is 10.9. The molecule has 0 aromatic carbocycles. The molecule has 0 heterocycles. The molecule has 0 aromatic rings. The standard InChI is InChI=1S/C10H22O.C6H6Cl6/c1-2-3-4-5-6-7-8-9-10-11;7-1-2(8)4(10)6(12)5(11)3(1)9/h11H,2-10H2,1H3;1-6H. The number of rotatable bonds is 8. The lowest BCUT2D eigenvalue weighted by atomic mass is 9.97. The minimum absolute atomic E-state index is 0.370. The molecular weight excluding hydrogens is 421 g/mol. The average Bonchev–Trinajstić information content (AvgIpc) is 2.56. The van der Waals surface area contributed by atoms with Crippen LogP contribution in [0.25, 0.3) is 0 Å². The smallest absolute Gasteiger partial charge is 0.0693 e. The summed E-state index contributed by atoms with van der Waals surface area (Å²) in [5.41, 5.74) is 0. The first kappa shape index (κ1) is 24.7. The Morgan fingerprint density at radius 1 is 0.522 bits per heavy atom. The van der Waals surface area contributed by atoms with Crippen molar-refractivity contribution in [2.45, 2.75) is 90.6 Å². The summed E-state index contributed by atoms with van der Waals surface area (Å²) in [6, 6.07) is 0. The molecule has 1 N–H and O–H groups in total. The molecule has 1 nitrogen and oxygen atoms in total. The summed E-state index contributed by atoms with van der Waals surface area (Å²) >= 11 is 35.3. The molecule has 1 fully saturated rings. The van der Waals surface area contributed by atoms with Crippen LogP contribution < -0.4 is 0 Å². The molecule has 0 spiro atoms. The normalized spacial score (nSPS) is 33.9. The van der Waals surface area contributed by atoms with E-state index in [-0.39, 0.29) is 0 Å². The molecule has 7 heteroatoms. The minimum Gasteiger partial charge on any atom is -0.396 e. The number of alkyl halides is 6. The van der Waals surface area contributed by atoms with Crippen LogP contribution in [-0.4, -0.2) is 44.0 Å². The summed E-state index contributed by atoms with van der Waals surface area (Å²) < 4.78 is 0. The van der Waals surface area contributed by atoms with Gasteiger partial charge in [-0.05, 0) is 6.42 Å². The average molecular weight is 449 g/mol. The van der Waals surface area contributed by atoms with Gasteiger partial charge in [-0.25, -0.2) is 0 Å². The van der Waals surface area contributed by atoms with Crippen LogP contribution in [0.1, 0.15) is 58.3 Å². The van der Waals surface area contributed by atoms with Gasteiger partial charge in [-0.15, -0.1) is 69.6 Å². The second kappa shape index (κ2) is 14.8. The summed E-state index contributed by atoms with van der Waals surface area (Å²) in [5, 5.41) is 5.89. The number of halogens is 6. The Morgan fingerprint density at radius 2 is 0.783 bits per heavy atom. The van der Waals surface area contributed by atoms with Gasteiger partial charge in [-0.1, -0.05) is 51.9 Å². The lowest BCUT2D eigenvalue weighted by molar-refractivity contribution is 0.282. The Bertz CT molecular complexity index is 215. The maximum absolute atomic E-state index is 8.51. The van der Waals surface area contributed by atoms with E-state index >= 15 is 0 Å². The van der Waals surface area contributed by atoms with Crippen LogP contribution in [-0.2, 0) is 0 Å². The van der Waals surface area contributed by atoms with E-state index in [4.69, 9.17) is 74.7 Å². The molecule has 0 radical (unpaired) electrons. The summed E-state index contributed by atoms with van der Waals surface area (Å²) in [5.74, 6) is 0. The Balaban J connectivity index is 0.000000423. The highest BCUT2D eigenvalue weighted by atomic mass is 35.5. The molecule has 0 saturated heterocycles. The third kappa shape index (κ3) is 9.83. The zero-order valence-corrected chi connectivity index (χ0v) is 18.1. The van der Waals surface area contributed by atoms with Gasteiger partial charge in [0.2, 0.25) is 0 Å². The lowest BCUT2D eigenvalue weighted by Gasteiger charge is -2.37. The second-order valence-electron chi connectivity index (χ2n) is 5.87. The fourth-order valence-electron chi connectivity index (χ4n) is 2.30. The minimum atomic E-state index is -0.437. The first-order valence-corrected chi connectivity index (χ1v) is 11.0. The van der Waals surface area contributed by atoms with E-state index in [2.05, 4.69) is 6.92 Å². The molecule has 0 atom stereocenters. The van der Waals surface area contributed by atoms with Gasteiger partial charge in [0.1, 0.15) is 0 Å². The van der Waals surface area contributed by atoms with Crippen molar-refractivity contribution in [2.75, 3.05) is 6.61 Å². The number of aliphatic hydroxyl groups excluding tert-OH is 1. The summed E-state index contributed by atoms with van der Waals surface area (Å²) in [4.78, 5) is 0. The molecule has 23 heavy (non-hydrogen) atoms. The number of unbranched alkanes of at least 4 members (excludes halogenated alkanes) is 7. The van der Waals surface area contributed by atoms with Gasteiger partial charge in [0, 0.05) is 6.61 Å². The zero-order valence-electron chi connectivity index (χ0n) is 13.5. The molecule has 0 aliphatic heterocycles. The van der Waals surface area contributed by atoms with Crippen molar-refractivity contribution in [3.8, 4) is 0 Å². The van der Waals surface area contributed by atoms with Crippen LogP contribution >= 0.6 is 69.6 Å². The van der Waals surface area contributed by atoms with Crippen LogP contribution in [0.15, 0.2) is 0 Å². The van der Waals surface area contributed by atoms with Gasteiger partial charge in [-0.2, -0.15) is 0 Å². The number of hydrogen-bond acceptors (Lipinski definition) is 1. The van der Waals surface area contributed by atoms with Crippen molar-refractivity contribution in [1.29, 1.82) is 0 Å². The Labute approximate surface area is 171 Å². The third-order valence-electron chi connectivity index (χ3n) is 3.84. The third-order valence-corrected chi connectivity index (χ3v) is 7.87. The Morgan fingerprint density at radius 3 is 1.04 bits per heavy atom. The van der Waals surface area contributed by atoms with E-state index in [1.165, 1.54) is 44.9 Å². The number of aliphatic hydroxyl groups is 1. The summed E-state index contributed by atoms with van der Waals surface area (Å²) in [7, 11) is 0. The summed E-state index contributed by atoms with van der Waals surface area (Å²) in [6.45, 7) is 2.61. The van der Waals surface area contributed by atoms with Crippen LogP contribution in [0.5, 0.6) is 0 Å². The van der Waals surface area contributed by atoms with Gasteiger partial charge >= 0.3 is 0 Å². The highest BCUT2D eigenvalue weighted by molar-refractivity contribution is 6.45. The maximum atomic E-state index is 8.51. The summed E-state index contributed by atoms with van der Waals surface area (Å²) in [6.07, 6.45) is 10.4. The van der Waals surface area contributed by atoms with Crippen molar-refractivity contribution in [1.82, 2.24) is 0 Å². The molecule has 0 aromatic heterocycles. The van der Waals surface area contributed by atoms with Crippen molar-refractivity contribution in [3.05, 3.63) is 0 Å². The SMILES string of the molecule is CCCCCCCCCCO.ClC1C(Cl)C(Cl)C(Cl)C(Cl)C1Cl. The number of hydrogen-bond donors (Lipinski definition) is 1. The molecular formula is C16H28Cl6O. The van der Waals surface area contributed by atoms with Gasteiger partial charge in [0.15, 0.2) is 0 Å². The second-order valence-corrected chi connectivity index (χ2v) is 8.89. The van der Waals surface area contributed by atoms with Crippen molar-refractivity contribution >= 4 is 69.6 Å². The molecule has 1 aliphatic rings. The van der Waals surface area contributed by atoms with E-state index in [9.17, 15) is 0 Å². The van der Waals surface area contributed by atoms with Crippen molar-refractivity contribution in [2.24, 2.45) is 0 Å². The van der Waals surface area contributed by atoms with E-state index < -0.39 is 32.3 Å². The molecule has 1 rings (SSSR count). The Kier molecular flexibility index (Phi) is 15.9. The Hall–Kier alpha value is 1.70. The van der Waals surface area contributed by atoms with Crippen LogP contribution in [0, 0.1) is 0 Å².